The molecule has 2 aromatic heterocycles. The maximum absolute atomic E-state index is 10.2. The predicted octanol–water partition coefficient (Wildman–Crippen LogP) is -1.82. The minimum atomic E-state index is -1.19. The van der Waals surface area contributed by atoms with Crippen LogP contribution in [0, 0.1) is 0 Å². The maximum Gasteiger partial charge on any atom is 0.309 e. The Morgan fingerprint density at radius 2 is 2.08 bits per heavy atom. The molecule has 0 amide bonds. The molecule has 1 aliphatic carbocycles. The highest BCUT2D eigenvalue weighted by molar-refractivity contribution is 5.80. The number of ether oxygens (including phenoxy) is 1. The molecule has 0 radical (unpaired) electrons. The van der Waals surface area contributed by atoms with E-state index in [1.165, 1.54) is 6.33 Å². The molecule has 136 valence electrons. The Balaban J connectivity index is 1.65. The van der Waals surface area contributed by atoms with Gasteiger partial charge in [0, 0.05) is 0 Å². The second-order valence-electron chi connectivity index (χ2n) is 6.58. The van der Waals surface area contributed by atoms with E-state index in [2.05, 4.69) is 20.3 Å². The minimum Gasteiger partial charge on any atom is -0.394 e. The largest absolute Gasteiger partial charge is 0.394 e. The highest BCUT2D eigenvalue weighted by Gasteiger charge is 2.46. The summed E-state index contributed by atoms with van der Waals surface area (Å²) in [5.41, 5.74) is 1.10. The lowest BCUT2D eigenvalue weighted by atomic mass is 10.1. The van der Waals surface area contributed by atoms with E-state index in [0.29, 0.717) is 17.0 Å². The number of aliphatic hydroxyl groups excluding tert-OH is 4. The van der Waals surface area contributed by atoms with E-state index in [1.54, 1.807) is 10.9 Å². The lowest BCUT2D eigenvalue weighted by molar-refractivity contribution is -0.745. The third-order valence-corrected chi connectivity index (χ3v) is 5.01. The number of hydrogen-bond acceptors (Lipinski definition) is 8. The first kappa shape index (κ1) is 16.6. The number of fused-ring (bicyclic) bond motifs is 1. The summed E-state index contributed by atoms with van der Waals surface area (Å²) in [7, 11) is 0. The van der Waals surface area contributed by atoms with Gasteiger partial charge in [0.1, 0.15) is 18.3 Å². The van der Waals surface area contributed by atoms with Gasteiger partial charge in [-0.05, 0) is 19.3 Å². The second-order valence-corrected chi connectivity index (χ2v) is 6.58. The summed E-state index contributed by atoms with van der Waals surface area (Å²) < 4.78 is 7.12. The van der Waals surface area contributed by atoms with E-state index < -0.39 is 30.6 Å². The van der Waals surface area contributed by atoms with Gasteiger partial charge in [-0.15, -0.1) is 0 Å². The van der Waals surface area contributed by atoms with Crippen molar-refractivity contribution in [1.29, 1.82) is 0 Å². The van der Waals surface area contributed by atoms with Gasteiger partial charge in [0.05, 0.1) is 18.8 Å². The standard InChI is InChI=1S/C15H21N5O5/c21-4-9-11(23)12(24)15(25-9)20-6-18-10-13(16-5-17-14(10)20)19-7-2-1-3-8(7)22/h5-9,11-12,15,21-24H,1-4H2,(H,16,17,19)/p+1/t7?,8?,9-,11+,12+,15-/m1/s1. The van der Waals surface area contributed by atoms with Gasteiger partial charge in [-0.2, -0.15) is 4.98 Å². The number of H-pyrrole nitrogens is 1. The van der Waals surface area contributed by atoms with E-state index >= 15 is 0 Å². The van der Waals surface area contributed by atoms with Gasteiger partial charge >= 0.3 is 5.65 Å². The highest BCUT2D eigenvalue weighted by Crippen LogP contribution is 2.28. The summed E-state index contributed by atoms with van der Waals surface area (Å²) in [6.07, 6.45) is 1.04. The fourth-order valence-corrected chi connectivity index (χ4v) is 3.60. The minimum absolute atomic E-state index is 0.0660. The van der Waals surface area contributed by atoms with Crippen LogP contribution in [0.15, 0.2) is 12.7 Å². The van der Waals surface area contributed by atoms with Crippen LogP contribution in [0.3, 0.4) is 0 Å². The van der Waals surface area contributed by atoms with Gasteiger partial charge in [0.25, 0.3) is 0 Å². The Labute approximate surface area is 143 Å². The van der Waals surface area contributed by atoms with Crippen molar-refractivity contribution in [2.75, 3.05) is 11.9 Å². The van der Waals surface area contributed by atoms with Crippen LogP contribution in [0.1, 0.15) is 25.5 Å². The molecular formula is C15H22N5O5+. The van der Waals surface area contributed by atoms with E-state index in [0.717, 1.165) is 19.3 Å². The number of aromatic nitrogens is 4. The molecule has 10 nitrogen and oxygen atoms in total. The first-order valence-corrected chi connectivity index (χ1v) is 8.40. The lowest BCUT2D eigenvalue weighted by Gasteiger charge is -2.16. The summed E-state index contributed by atoms with van der Waals surface area (Å²) in [6.45, 7) is -0.390. The summed E-state index contributed by atoms with van der Waals surface area (Å²) in [5, 5.41) is 42.6. The molecule has 0 bridgehead atoms. The van der Waals surface area contributed by atoms with Crippen molar-refractivity contribution < 1.29 is 29.7 Å². The van der Waals surface area contributed by atoms with Gasteiger partial charge in [-0.1, -0.05) is 4.98 Å². The maximum atomic E-state index is 10.2. The van der Waals surface area contributed by atoms with Crippen LogP contribution in [-0.4, -0.2) is 72.4 Å². The number of aromatic amines is 1. The third-order valence-electron chi connectivity index (χ3n) is 5.01. The number of hydrogen-bond donors (Lipinski definition) is 6. The molecule has 6 N–H and O–H groups in total. The Kier molecular flexibility index (Phi) is 4.29. The topological polar surface area (TPSA) is 148 Å². The molecule has 25 heavy (non-hydrogen) atoms. The van der Waals surface area contributed by atoms with E-state index in [9.17, 15) is 20.4 Å². The van der Waals surface area contributed by atoms with Gasteiger partial charge < -0.3 is 30.5 Å². The zero-order chi connectivity index (χ0) is 17.6. The van der Waals surface area contributed by atoms with Crippen molar-refractivity contribution in [3.63, 3.8) is 0 Å². The van der Waals surface area contributed by atoms with Gasteiger partial charge in [-0.25, -0.2) is 4.57 Å². The number of aliphatic hydroxyl groups is 4. The average Bonchev–Trinajstić information content (AvgIpc) is 3.29. The SMILES string of the molecule is OC[C@H]1O[C@@H]([n+]2c[nH]c3c(NC4CCCC4O)ncnc32)[C@@H](O)[C@H]1O. The molecule has 10 heteroatoms. The van der Waals surface area contributed by atoms with Crippen molar-refractivity contribution in [2.45, 2.75) is 55.9 Å². The molecule has 2 unspecified atom stereocenters. The van der Waals surface area contributed by atoms with Gasteiger partial charge in [-0.3, -0.25) is 4.98 Å². The molecule has 2 aromatic rings. The second kappa shape index (κ2) is 6.46. The van der Waals surface area contributed by atoms with Crippen molar-refractivity contribution in [3.05, 3.63) is 12.7 Å². The summed E-state index contributed by atoms with van der Waals surface area (Å²) in [6, 6.07) is -0.0660. The van der Waals surface area contributed by atoms with E-state index in [1.807, 2.05) is 0 Å². The van der Waals surface area contributed by atoms with Crippen molar-refractivity contribution in [2.24, 2.45) is 0 Å². The van der Waals surface area contributed by atoms with Gasteiger partial charge in [0.2, 0.25) is 11.7 Å². The molecule has 2 fully saturated rings. The molecule has 2 aliphatic rings. The normalized spacial score (nSPS) is 35.5. The molecule has 6 atom stereocenters. The van der Waals surface area contributed by atoms with Crippen molar-refractivity contribution in [1.82, 2.24) is 15.0 Å². The molecule has 0 spiro atoms. The van der Waals surface area contributed by atoms with Crippen LogP contribution in [0.2, 0.25) is 0 Å². The molecule has 1 aliphatic heterocycles. The molecule has 1 saturated heterocycles. The van der Waals surface area contributed by atoms with Crippen LogP contribution < -0.4 is 9.88 Å². The quantitative estimate of drug-likeness (QED) is 0.353. The van der Waals surface area contributed by atoms with E-state index in [4.69, 9.17) is 4.74 Å². The smallest absolute Gasteiger partial charge is 0.309 e. The third kappa shape index (κ3) is 2.75. The van der Waals surface area contributed by atoms with E-state index in [-0.39, 0.29) is 12.6 Å². The Morgan fingerprint density at radius 3 is 2.76 bits per heavy atom. The molecular weight excluding hydrogens is 330 g/mol. The fraction of sp³-hybridized carbons (Fsp3) is 0.667. The van der Waals surface area contributed by atoms with Crippen molar-refractivity contribution in [3.8, 4) is 0 Å². The fourth-order valence-electron chi connectivity index (χ4n) is 3.60. The number of imidazole rings is 1. The first-order valence-electron chi connectivity index (χ1n) is 8.40. The molecule has 0 aromatic carbocycles. The zero-order valence-electron chi connectivity index (χ0n) is 13.5. The zero-order valence-corrected chi connectivity index (χ0v) is 13.5. The van der Waals surface area contributed by atoms with Crippen LogP contribution in [0.5, 0.6) is 0 Å². The van der Waals surface area contributed by atoms with Crippen molar-refractivity contribution >= 4 is 17.0 Å². The Hall–Kier alpha value is -1.85. The summed E-state index contributed by atoms with van der Waals surface area (Å²) in [5.74, 6) is 0.557. The lowest BCUT2D eigenvalue weighted by Crippen LogP contribution is -2.45. The predicted molar refractivity (Wildman–Crippen MR) is 84.4 cm³/mol. The average molecular weight is 352 g/mol. The summed E-state index contributed by atoms with van der Waals surface area (Å²) in [4.78, 5) is 11.5. The number of rotatable bonds is 4. The molecule has 4 rings (SSSR count). The highest BCUT2D eigenvalue weighted by atomic mass is 16.6. The number of nitrogens with one attached hydrogen (secondary N) is 2. The Morgan fingerprint density at radius 1 is 1.24 bits per heavy atom. The monoisotopic (exact) mass is 352 g/mol. The van der Waals surface area contributed by atoms with Gasteiger partial charge in [0.15, 0.2) is 18.5 Å². The first-order chi connectivity index (χ1) is 12.1. The molecule has 1 saturated carbocycles. The number of anilines is 1. The Bertz CT molecular complexity index is 755. The number of nitrogens with zero attached hydrogens (tertiary/aromatic N) is 3. The van der Waals surface area contributed by atoms with Crippen LogP contribution in [0.4, 0.5) is 5.82 Å². The molecule has 3 heterocycles. The summed E-state index contributed by atoms with van der Waals surface area (Å²) >= 11 is 0. The van der Waals surface area contributed by atoms with Crippen LogP contribution in [0.25, 0.3) is 11.2 Å². The van der Waals surface area contributed by atoms with Crippen LogP contribution >= 0.6 is 0 Å². The van der Waals surface area contributed by atoms with Crippen LogP contribution in [-0.2, 0) is 4.74 Å².